The van der Waals surface area contributed by atoms with Gasteiger partial charge in [-0.25, -0.2) is 4.79 Å². The van der Waals surface area contributed by atoms with E-state index in [-0.39, 0.29) is 18.0 Å². The highest BCUT2D eigenvalue weighted by Gasteiger charge is 2.35. The van der Waals surface area contributed by atoms with Crippen molar-refractivity contribution in [2.75, 3.05) is 33.3 Å². The van der Waals surface area contributed by atoms with Gasteiger partial charge in [-0.3, -0.25) is 9.69 Å². The zero-order valence-corrected chi connectivity index (χ0v) is 14.7. The van der Waals surface area contributed by atoms with Gasteiger partial charge in [0.1, 0.15) is 6.61 Å². The first-order valence-corrected chi connectivity index (χ1v) is 8.95. The summed E-state index contributed by atoms with van der Waals surface area (Å²) in [6.07, 6.45) is 2.55. The van der Waals surface area contributed by atoms with Crippen molar-refractivity contribution in [1.82, 2.24) is 9.80 Å². The van der Waals surface area contributed by atoms with E-state index in [2.05, 4.69) is 4.90 Å². The van der Waals surface area contributed by atoms with Gasteiger partial charge in [-0.05, 0) is 31.4 Å². The van der Waals surface area contributed by atoms with Gasteiger partial charge in [0, 0.05) is 25.7 Å². The first-order valence-electron chi connectivity index (χ1n) is 8.95. The molecule has 1 aromatic carbocycles. The molecule has 25 heavy (non-hydrogen) atoms. The minimum Gasteiger partial charge on any atom is -0.469 e. The number of carbonyl (C=O) groups is 2. The highest BCUT2D eigenvalue weighted by molar-refractivity contribution is 5.72. The van der Waals surface area contributed by atoms with Crippen LogP contribution in [0.5, 0.6) is 0 Å². The molecule has 6 nitrogen and oxygen atoms in total. The number of ether oxygens (including phenoxy) is 2. The Labute approximate surface area is 148 Å². The second-order valence-electron chi connectivity index (χ2n) is 6.79. The van der Waals surface area contributed by atoms with E-state index in [1.807, 2.05) is 30.3 Å². The van der Waals surface area contributed by atoms with E-state index in [4.69, 9.17) is 9.47 Å². The number of likely N-dealkylation sites (tertiary alicyclic amines) is 2. The number of nitrogens with zero attached hydrogens (tertiary/aromatic N) is 2. The molecule has 2 aliphatic heterocycles. The molecular weight excluding hydrogens is 320 g/mol. The molecule has 0 bridgehead atoms. The van der Waals surface area contributed by atoms with Gasteiger partial charge in [0.25, 0.3) is 0 Å². The Morgan fingerprint density at radius 3 is 2.68 bits per heavy atom. The molecule has 2 heterocycles. The standard InChI is InChI=1S/C19H26N2O4/c1-24-18(22)16-8-5-10-20(12-16)17-9-11-21(13-17)19(23)25-14-15-6-3-2-4-7-15/h2-4,6-7,16-17H,5,8-14H2,1H3/t16-,17-/m0/s1. The molecule has 0 radical (unpaired) electrons. The van der Waals surface area contributed by atoms with Crippen LogP contribution < -0.4 is 0 Å². The number of amides is 1. The average molecular weight is 346 g/mol. The smallest absolute Gasteiger partial charge is 0.410 e. The van der Waals surface area contributed by atoms with Crippen LogP contribution in [0.2, 0.25) is 0 Å². The van der Waals surface area contributed by atoms with Gasteiger partial charge in [0.05, 0.1) is 13.0 Å². The fourth-order valence-electron chi connectivity index (χ4n) is 3.71. The fraction of sp³-hybridized carbons (Fsp3) is 0.579. The molecule has 2 fully saturated rings. The minimum atomic E-state index is -0.257. The molecule has 0 spiro atoms. The van der Waals surface area contributed by atoms with Crippen molar-refractivity contribution in [2.45, 2.75) is 31.9 Å². The van der Waals surface area contributed by atoms with Gasteiger partial charge >= 0.3 is 12.1 Å². The number of carbonyl (C=O) groups excluding carboxylic acids is 2. The molecule has 0 aromatic heterocycles. The maximum atomic E-state index is 12.3. The van der Waals surface area contributed by atoms with Gasteiger partial charge in [-0.2, -0.15) is 0 Å². The van der Waals surface area contributed by atoms with Crippen molar-refractivity contribution in [3.8, 4) is 0 Å². The second kappa shape index (κ2) is 8.34. The van der Waals surface area contributed by atoms with Crippen LogP contribution in [-0.2, 0) is 20.9 Å². The number of hydrogen-bond donors (Lipinski definition) is 0. The van der Waals surface area contributed by atoms with Crippen molar-refractivity contribution < 1.29 is 19.1 Å². The van der Waals surface area contributed by atoms with Crippen LogP contribution in [0.1, 0.15) is 24.8 Å². The third-order valence-corrected chi connectivity index (χ3v) is 5.13. The number of benzene rings is 1. The van der Waals surface area contributed by atoms with Crippen LogP contribution in [0.15, 0.2) is 30.3 Å². The van der Waals surface area contributed by atoms with E-state index in [0.717, 1.165) is 37.9 Å². The van der Waals surface area contributed by atoms with Gasteiger partial charge in [-0.1, -0.05) is 30.3 Å². The molecule has 0 aliphatic carbocycles. The summed E-state index contributed by atoms with van der Waals surface area (Å²) in [6.45, 7) is 3.38. The van der Waals surface area contributed by atoms with Crippen LogP contribution in [-0.4, -0.2) is 61.2 Å². The highest BCUT2D eigenvalue weighted by atomic mass is 16.6. The lowest BCUT2D eigenvalue weighted by Gasteiger charge is -2.35. The summed E-state index contributed by atoms with van der Waals surface area (Å²) in [5.74, 6) is -0.167. The van der Waals surface area contributed by atoms with Gasteiger partial charge in [0.2, 0.25) is 0 Å². The molecule has 0 saturated carbocycles. The summed E-state index contributed by atoms with van der Waals surface area (Å²) < 4.78 is 10.3. The predicted octanol–water partition coefficient (Wildman–Crippen LogP) is 2.28. The molecule has 1 aromatic rings. The Kier molecular flexibility index (Phi) is 5.91. The average Bonchev–Trinajstić information content (AvgIpc) is 3.17. The molecule has 136 valence electrons. The van der Waals surface area contributed by atoms with Crippen molar-refractivity contribution in [3.05, 3.63) is 35.9 Å². The van der Waals surface area contributed by atoms with Crippen LogP contribution in [0.3, 0.4) is 0 Å². The van der Waals surface area contributed by atoms with Crippen LogP contribution in [0.25, 0.3) is 0 Å². The number of piperidine rings is 1. The number of hydrogen-bond acceptors (Lipinski definition) is 5. The Balaban J connectivity index is 1.47. The van der Waals surface area contributed by atoms with E-state index < -0.39 is 0 Å². The first-order chi connectivity index (χ1) is 12.2. The summed E-state index contributed by atoms with van der Waals surface area (Å²) >= 11 is 0. The molecule has 6 heteroatoms. The van der Waals surface area contributed by atoms with Crippen molar-refractivity contribution in [3.63, 3.8) is 0 Å². The van der Waals surface area contributed by atoms with E-state index in [1.165, 1.54) is 7.11 Å². The Morgan fingerprint density at radius 2 is 1.92 bits per heavy atom. The van der Waals surface area contributed by atoms with Crippen LogP contribution in [0, 0.1) is 5.92 Å². The zero-order valence-electron chi connectivity index (χ0n) is 14.7. The van der Waals surface area contributed by atoms with E-state index >= 15 is 0 Å². The third-order valence-electron chi connectivity index (χ3n) is 5.13. The molecule has 0 unspecified atom stereocenters. The number of rotatable bonds is 4. The molecule has 2 atom stereocenters. The largest absolute Gasteiger partial charge is 0.469 e. The fourth-order valence-corrected chi connectivity index (χ4v) is 3.71. The first kappa shape index (κ1) is 17.7. The summed E-state index contributed by atoms with van der Waals surface area (Å²) in [7, 11) is 1.45. The Bertz CT molecular complexity index is 592. The van der Waals surface area contributed by atoms with Crippen molar-refractivity contribution >= 4 is 12.1 Å². The molecule has 2 saturated heterocycles. The quantitative estimate of drug-likeness (QED) is 0.783. The lowest BCUT2D eigenvalue weighted by molar-refractivity contribution is -0.147. The topological polar surface area (TPSA) is 59.1 Å². The zero-order chi connectivity index (χ0) is 17.6. The minimum absolute atomic E-state index is 0.0437. The predicted molar refractivity (Wildman–Crippen MR) is 92.9 cm³/mol. The monoisotopic (exact) mass is 346 g/mol. The Morgan fingerprint density at radius 1 is 1.12 bits per heavy atom. The normalized spacial score (nSPS) is 24.1. The molecule has 3 rings (SSSR count). The second-order valence-corrected chi connectivity index (χ2v) is 6.79. The van der Waals surface area contributed by atoms with E-state index in [0.29, 0.717) is 25.7 Å². The summed E-state index contributed by atoms with van der Waals surface area (Å²) in [5.41, 5.74) is 0.989. The van der Waals surface area contributed by atoms with Gasteiger partial charge < -0.3 is 14.4 Å². The number of esters is 1. The molecule has 1 amide bonds. The summed E-state index contributed by atoms with van der Waals surface area (Å²) in [4.78, 5) is 28.2. The maximum Gasteiger partial charge on any atom is 0.410 e. The number of methoxy groups -OCH3 is 1. The van der Waals surface area contributed by atoms with E-state index in [9.17, 15) is 9.59 Å². The maximum absolute atomic E-state index is 12.3. The van der Waals surface area contributed by atoms with Gasteiger partial charge in [-0.15, -0.1) is 0 Å². The Hall–Kier alpha value is -2.08. The third kappa shape index (κ3) is 4.51. The SMILES string of the molecule is COC(=O)[C@H]1CCCN([C@H]2CCN(C(=O)OCc3ccccc3)C2)C1. The highest BCUT2D eigenvalue weighted by Crippen LogP contribution is 2.24. The van der Waals surface area contributed by atoms with Crippen molar-refractivity contribution in [1.29, 1.82) is 0 Å². The lowest BCUT2D eigenvalue weighted by atomic mass is 9.96. The van der Waals surface area contributed by atoms with Crippen molar-refractivity contribution in [2.24, 2.45) is 5.92 Å². The molecule has 0 N–H and O–H groups in total. The molecular formula is C19H26N2O4. The lowest BCUT2D eigenvalue weighted by Crippen LogP contribution is -2.46. The van der Waals surface area contributed by atoms with Crippen LogP contribution >= 0.6 is 0 Å². The summed E-state index contributed by atoms with van der Waals surface area (Å²) in [6, 6.07) is 10.0. The van der Waals surface area contributed by atoms with Gasteiger partial charge in [0.15, 0.2) is 0 Å². The summed E-state index contributed by atoms with van der Waals surface area (Å²) in [5, 5.41) is 0. The van der Waals surface area contributed by atoms with Crippen LogP contribution in [0.4, 0.5) is 4.79 Å². The van der Waals surface area contributed by atoms with E-state index in [1.54, 1.807) is 4.90 Å². The molecule has 2 aliphatic rings.